The lowest BCUT2D eigenvalue weighted by molar-refractivity contribution is -0.145. The van der Waals surface area contributed by atoms with Crippen molar-refractivity contribution < 1.29 is 14.4 Å². The minimum atomic E-state index is -0.603. The number of fused-ring (bicyclic) bond motifs is 3. The first-order chi connectivity index (χ1) is 14.5. The van der Waals surface area contributed by atoms with E-state index >= 15 is 0 Å². The summed E-state index contributed by atoms with van der Waals surface area (Å²) in [6, 6.07) is 13.4. The molecule has 6 rings (SSSR count). The highest BCUT2D eigenvalue weighted by molar-refractivity contribution is 6.21. The lowest BCUT2D eigenvalue weighted by Gasteiger charge is -2.53. The van der Waals surface area contributed by atoms with E-state index in [2.05, 4.69) is 18.2 Å². The predicted octanol–water partition coefficient (Wildman–Crippen LogP) is 3.62. The number of imide groups is 1. The number of rotatable bonds is 3. The van der Waals surface area contributed by atoms with E-state index in [4.69, 9.17) is 0 Å². The van der Waals surface area contributed by atoms with E-state index in [1.54, 1.807) is 24.3 Å². The minimum absolute atomic E-state index is 0.151. The monoisotopic (exact) mass is 400 g/mol. The summed E-state index contributed by atoms with van der Waals surface area (Å²) in [5, 5.41) is 0. The summed E-state index contributed by atoms with van der Waals surface area (Å²) < 4.78 is 0. The molecule has 2 aromatic carbocycles. The normalized spacial score (nSPS) is 27.4. The molecular formula is C25H24N2O3. The van der Waals surface area contributed by atoms with Gasteiger partial charge in [0.25, 0.3) is 11.8 Å². The number of hydrogen-bond acceptors (Lipinski definition) is 3. The average Bonchev–Trinajstić information content (AvgIpc) is 3.55. The van der Waals surface area contributed by atoms with Gasteiger partial charge in [-0.1, -0.05) is 30.3 Å². The molecule has 3 amide bonds. The number of nitrogens with zero attached hydrogens (tertiary/aromatic N) is 2. The molecule has 2 fully saturated rings. The second-order valence-electron chi connectivity index (χ2n) is 9.18. The molecule has 0 aromatic heterocycles. The highest BCUT2D eigenvalue weighted by Gasteiger charge is 2.59. The van der Waals surface area contributed by atoms with Crippen molar-refractivity contribution in [1.29, 1.82) is 0 Å². The molecule has 5 nitrogen and oxygen atoms in total. The van der Waals surface area contributed by atoms with Crippen LogP contribution >= 0.6 is 0 Å². The first kappa shape index (κ1) is 17.9. The van der Waals surface area contributed by atoms with Crippen LogP contribution in [0.15, 0.2) is 42.5 Å². The molecule has 0 atom stereocenters. The third-order valence-corrected chi connectivity index (χ3v) is 7.50. The molecule has 2 saturated carbocycles. The Balaban J connectivity index is 1.36. The highest BCUT2D eigenvalue weighted by Crippen LogP contribution is 2.53. The molecule has 4 aliphatic rings. The molecule has 0 bridgehead atoms. The Hall–Kier alpha value is -2.95. The van der Waals surface area contributed by atoms with Crippen LogP contribution in [0.1, 0.15) is 75.9 Å². The second kappa shape index (κ2) is 6.03. The van der Waals surface area contributed by atoms with Gasteiger partial charge in [0.1, 0.15) is 0 Å². The molecule has 2 aliphatic carbocycles. The Morgan fingerprint density at radius 1 is 0.967 bits per heavy atom. The van der Waals surface area contributed by atoms with Crippen LogP contribution in [-0.2, 0) is 16.8 Å². The highest BCUT2D eigenvalue weighted by atomic mass is 16.2. The van der Waals surface area contributed by atoms with Crippen LogP contribution in [0.3, 0.4) is 0 Å². The smallest absolute Gasteiger partial charge is 0.261 e. The fraction of sp³-hybridized carbons (Fsp3) is 0.400. The number of hydrogen-bond donors (Lipinski definition) is 0. The van der Waals surface area contributed by atoms with Crippen LogP contribution in [0.25, 0.3) is 0 Å². The average molecular weight is 400 g/mol. The van der Waals surface area contributed by atoms with Gasteiger partial charge in [-0.15, -0.1) is 0 Å². The van der Waals surface area contributed by atoms with Gasteiger partial charge in [0.2, 0.25) is 5.91 Å². The zero-order valence-electron chi connectivity index (χ0n) is 17.1. The maximum absolute atomic E-state index is 13.5. The van der Waals surface area contributed by atoms with Crippen molar-refractivity contribution in [2.24, 2.45) is 0 Å². The Bertz CT molecular complexity index is 1080. The van der Waals surface area contributed by atoms with Gasteiger partial charge in [-0.2, -0.15) is 0 Å². The van der Waals surface area contributed by atoms with E-state index in [0.717, 1.165) is 5.56 Å². The van der Waals surface area contributed by atoms with Gasteiger partial charge in [-0.25, -0.2) is 0 Å². The fourth-order valence-corrected chi connectivity index (χ4v) is 5.66. The first-order valence-electron chi connectivity index (χ1n) is 10.9. The van der Waals surface area contributed by atoms with E-state index < -0.39 is 5.41 Å². The molecule has 0 N–H and O–H groups in total. The van der Waals surface area contributed by atoms with E-state index in [1.807, 2.05) is 11.8 Å². The summed E-state index contributed by atoms with van der Waals surface area (Å²) in [5.74, 6) is 0.327. The molecule has 152 valence electrons. The molecule has 5 heteroatoms. The van der Waals surface area contributed by atoms with Crippen molar-refractivity contribution in [3.8, 4) is 0 Å². The number of likely N-dealkylation sites (N-methyl/N-ethyl adjacent to an activating group) is 1. The summed E-state index contributed by atoms with van der Waals surface area (Å²) in [6.07, 6.45) is 3.49. The van der Waals surface area contributed by atoms with Crippen LogP contribution < -0.4 is 0 Å². The lowest BCUT2D eigenvalue weighted by atomic mass is 9.57. The molecule has 0 unspecified atom stereocenters. The quantitative estimate of drug-likeness (QED) is 0.740. The standard InChI is InChI=1S/C25H24N2O3/c1-2-26-14-17-10-9-16(15-7-8-15)11-21(17)25(24(26)30)12-18(13-25)27-22(28)19-5-3-4-6-20(19)23(27)29/h3-6,9-11,15,18H,2,7-8,12-14H2,1H3. The van der Waals surface area contributed by atoms with Crippen LogP contribution in [0.2, 0.25) is 0 Å². The number of benzene rings is 2. The topological polar surface area (TPSA) is 57.7 Å². The maximum atomic E-state index is 13.5. The molecule has 2 aromatic rings. The van der Waals surface area contributed by atoms with Crippen molar-refractivity contribution in [3.63, 3.8) is 0 Å². The number of carbonyl (C=O) groups excluding carboxylic acids is 3. The van der Waals surface area contributed by atoms with Gasteiger partial charge in [0, 0.05) is 19.1 Å². The van der Waals surface area contributed by atoms with Gasteiger partial charge in [-0.05, 0) is 67.3 Å². The Labute approximate surface area is 175 Å². The van der Waals surface area contributed by atoms with Crippen molar-refractivity contribution in [3.05, 3.63) is 70.3 Å². The summed E-state index contributed by atoms with van der Waals surface area (Å²) >= 11 is 0. The van der Waals surface area contributed by atoms with Crippen LogP contribution in [0.5, 0.6) is 0 Å². The SMILES string of the molecule is CCN1Cc2ccc(C3CC3)cc2C2(CC(N3C(=O)c4ccccc4C3=O)C2)C1=O. The number of carbonyl (C=O) groups is 3. The summed E-state index contributed by atoms with van der Waals surface area (Å²) in [4.78, 5) is 42.7. The Morgan fingerprint density at radius 3 is 2.23 bits per heavy atom. The minimum Gasteiger partial charge on any atom is -0.338 e. The Morgan fingerprint density at radius 2 is 1.63 bits per heavy atom. The molecule has 2 heterocycles. The van der Waals surface area contributed by atoms with Crippen LogP contribution in [0, 0.1) is 0 Å². The maximum Gasteiger partial charge on any atom is 0.261 e. The molecule has 2 aliphatic heterocycles. The van der Waals surface area contributed by atoms with Gasteiger partial charge < -0.3 is 4.90 Å². The largest absolute Gasteiger partial charge is 0.338 e. The zero-order chi connectivity index (χ0) is 20.6. The van der Waals surface area contributed by atoms with Crippen molar-refractivity contribution >= 4 is 17.7 Å². The first-order valence-corrected chi connectivity index (χ1v) is 10.9. The lowest BCUT2D eigenvalue weighted by Crippen LogP contribution is -2.63. The fourth-order valence-electron chi connectivity index (χ4n) is 5.66. The summed E-state index contributed by atoms with van der Waals surface area (Å²) in [7, 11) is 0. The predicted molar refractivity (Wildman–Crippen MR) is 111 cm³/mol. The molecular weight excluding hydrogens is 376 g/mol. The number of amides is 3. The van der Waals surface area contributed by atoms with Crippen LogP contribution in [0.4, 0.5) is 0 Å². The molecule has 0 saturated heterocycles. The zero-order valence-corrected chi connectivity index (χ0v) is 17.1. The molecule has 1 spiro atoms. The third-order valence-electron chi connectivity index (χ3n) is 7.50. The van der Waals surface area contributed by atoms with Crippen molar-refractivity contribution in [1.82, 2.24) is 9.80 Å². The van der Waals surface area contributed by atoms with E-state index in [0.29, 0.717) is 43.0 Å². The third kappa shape index (κ3) is 2.26. The summed E-state index contributed by atoms with van der Waals surface area (Å²) in [6.45, 7) is 3.33. The molecule has 30 heavy (non-hydrogen) atoms. The van der Waals surface area contributed by atoms with Gasteiger partial charge in [0.05, 0.1) is 16.5 Å². The van der Waals surface area contributed by atoms with Crippen molar-refractivity contribution in [2.75, 3.05) is 6.54 Å². The van der Waals surface area contributed by atoms with Crippen LogP contribution in [-0.4, -0.2) is 40.1 Å². The van der Waals surface area contributed by atoms with Crippen molar-refractivity contribution in [2.45, 2.75) is 56.5 Å². The second-order valence-corrected chi connectivity index (χ2v) is 9.18. The van der Waals surface area contributed by atoms with E-state index in [-0.39, 0.29) is 23.8 Å². The van der Waals surface area contributed by atoms with E-state index in [9.17, 15) is 14.4 Å². The molecule has 0 radical (unpaired) electrons. The van der Waals surface area contributed by atoms with Gasteiger partial charge >= 0.3 is 0 Å². The van der Waals surface area contributed by atoms with Gasteiger partial charge in [0.15, 0.2) is 0 Å². The Kier molecular flexibility index (Phi) is 3.59. The van der Waals surface area contributed by atoms with E-state index in [1.165, 1.54) is 28.9 Å². The van der Waals surface area contributed by atoms with Gasteiger partial charge in [-0.3, -0.25) is 19.3 Å². The summed E-state index contributed by atoms with van der Waals surface area (Å²) in [5.41, 5.74) is 4.02.